The number of hydrogen-bond donors (Lipinski definition) is 1. The van der Waals surface area contributed by atoms with Crippen molar-refractivity contribution < 1.29 is 0 Å². The Morgan fingerprint density at radius 3 is 2.87 bits per heavy atom. The van der Waals surface area contributed by atoms with E-state index in [1.54, 1.807) is 0 Å². The molecule has 1 aliphatic carbocycles. The van der Waals surface area contributed by atoms with Crippen LogP contribution < -0.4 is 5.73 Å². The summed E-state index contributed by atoms with van der Waals surface area (Å²) in [6.45, 7) is 2.08. The number of nitrogens with zero attached hydrogens (tertiary/aromatic N) is 1. The van der Waals surface area contributed by atoms with Gasteiger partial charge in [0.25, 0.3) is 0 Å². The van der Waals surface area contributed by atoms with Crippen molar-refractivity contribution >= 4 is 5.52 Å². The quantitative estimate of drug-likeness (QED) is 0.753. The highest BCUT2D eigenvalue weighted by Gasteiger charge is 2.23. The molecular weight excluding hydrogens is 184 g/mol. The van der Waals surface area contributed by atoms with Crippen molar-refractivity contribution in [2.45, 2.75) is 32.2 Å². The van der Waals surface area contributed by atoms with Crippen molar-refractivity contribution in [1.82, 2.24) is 4.40 Å². The Labute approximate surface area is 89.7 Å². The van der Waals surface area contributed by atoms with Crippen LogP contribution in [-0.2, 0) is 12.8 Å². The first kappa shape index (κ1) is 8.98. The molecule has 3 rings (SSSR count). The number of aromatic nitrogens is 1. The van der Waals surface area contributed by atoms with Crippen molar-refractivity contribution in [3.63, 3.8) is 0 Å². The highest BCUT2D eigenvalue weighted by molar-refractivity contribution is 5.64. The lowest BCUT2D eigenvalue weighted by Crippen LogP contribution is -2.10. The van der Waals surface area contributed by atoms with Crippen molar-refractivity contribution in [3.8, 4) is 0 Å². The van der Waals surface area contributed by atoms with Gasteiger partial charge in [-0.1, -0.05) is 6.07 Å². The summed E-state index contributed by atoms with van der Waals surface area (Å²) in [5.41, 5.74) is 11.8. The maximum absolute atomic E-state index is 6.08. The highest BCUT2D eigenvalue weighted by Crippen LogP contribution is 2.33. The Morgan fingerprint density at radius 2 is 2.07 bits per heavy atom. The molecule has 0 fully saturated rings. The SMILES string of the molecule is CC(N)c1c2c(c3ccccn13)CCC2. The number of aryl methyl sites for hydroxylation is 1. The summed E-state index contributed by atoms with van der Waals surface area (Å²) in [5, 5.41) is 0. The molecule has 0 radical (unpaired) electrons. The third kappa shape index (κ3) is 1.15. The molecule has 1 unspecified atom stereocenters. The van der Waals surface area contributed by atoms with Crippen LogP contribution in [0, 0.1) is 0 Å². The van der Waals surface area contributed by atoms with Crippen molar-refractivity contribution in [2.75, 3.05) is 0 Å². The Kier molecular flexibility index (Phi) is 1.86. The molecule has 2 aromatic heterocycles. The number of nitrogens with two attached hydrogens (primary N) is 1. The predicted octanol–water partition coefficient (Wildman–Crippen LogP) is 2.45. The largest absolute Gasteiger partial charge is 0.323 e. The van der Waals surface area contributed by atoms with Gasteiger partial charge < -0.3 is 10.1 Å². The fraction of sp³-hybridized carbons (Fsp3) is 0.385. The van der Waals surface area contributed by atoms with E-state index in [9.17, 15) is 0 Å². The number of fused-ring (bicyclic) bond motifs is 3. The molecule has 15 heavy (non-hydrogen) atoms. The standard InChI is InChI=1S/C13H16N2/c1-9(14)13-11-6-4-5-10(11)12-7-2-3-8-15(12)13/h2-3,7-9H,4-6,14H2,1H3. The zero-order valence-electron chi connectivity index (χ0n) is 9.03. The van der Waals surface area contributed by atoms with Crippen LogP contribution in [0.2, 0.25) is 0 Å². The molecule has 0 spiro atoms. The highest BCUT2D eigenvalue weighted by atomic mass is 14.9. The van der Waals surface area contributed by atoms with Gasteiger partial charge in [-0.15, -0.1) is 0 Å². The summed E-state index contributed by atoms with van der Waals surface area (Å²) in [5.74, 6) is 0. The zero-order valence-corrected chi connectivity index (χ0v) is 9.03. The van der Waals surface area contributed by atoms with E-state index >= 15 is 0 Å². The summed E-state index contributed by atoms with van der Waals surface area (Å²) in [6.07, 6.45) is 5.84. The van der Waals surface area contributed by atoms with Crippen LogP contribution in [0.5, 0.6) is 0 Å². The molecular formula is C13H16N2. The Balaban J connectivity index is 2.41. The van der Waals surface area contributed by atoms with E-state index in [1.807, 2.05) is 0 Å². The average Bonchev–Trinajstić information content (AvgIpc) is 2.75. The van der Waals surface area contributed by atoms with Gasteiger partial charge in [0.15, 0.2) is 0 Å². The number of pyridine rings is 1. The molecule has 2 nitrogen and oxygen atoms in total. The van der Waals surface area contributed by atoms with Crippen LogP contribution in [0.1, 0.15) is 36.2 Å². The van der Waals surface area contributed by atoms with Crippen molar-refractivity contribution in [3.05, 3.63) is 41.2 Å². The van der Waals surface area contributed by atoms with E-state index in [2.05, 4.69) is 35.7 Å². The molecule has 0 aromatic carbocycles. The number of rotatable bonds is 1. The predicted molar refractivity (Wildman–Crippen MR) is 62.0 cm³/mol. The lowest BCUT2D eigenvalue weighted by Gasteiger charge is -2.08. The molecule has 2 aromatic rings. The smallest absolute Gasteiger partial charge is 0.0488 e. The van der Waals surface area contributed by atoms with Crippen LogP contribution in [-0.4, -0.2) is 4.40 Å². The maximum Gasteiger partial charge on any atom is 0.0488 e. The Morgan fingerprint density at radius 1 is 1.27 bits per heavy atom. The van der Waals surface area contributed by atoms with Crippen LogP contribution in [0.15, 0.2) is 24.4 Å². The fourth-order valence-electron chi connectivity index (χ4n) is 2.85. The monoisotopic (exact) mass is 200 g/mol. The van der Waals surface area contributed by atoms with Gasteiger partial charge in [-0.3, -0.25) is 0 Å². The van der Waals surface area contributed by atoms with Crippen molar-refractivity contribution in [1.29, 1.82) is 0 Å². The third-order valence-electron chi connectivity index (χ3n) is 3.39. The molecule has 1 atom stereocenters. The van der Waals surface area contributed by atoms with Gasteiger partial charge in [0.2, 0.25) is 0 Å². The third-order valence-corrected chi connectivity index (χ3v) is 3.39. The Bertz CT molecular complexity index is 508. The first-order chi connectivity index (χ1) is 7.29. The van der Waals surface area contributed by atoms with Gasteiger partial charge in [0.1, 0.15) is 0 Å². The minimum absolute atomic E-state index is 0.127. The number of hydrogen-bond acceptors (Lipinski definition) is 1. The lowest BCUT2D eigenvalue weighted by atomic mass is 10.1. The molecule has 78 valence electrons. The van der Waals surface area contributed by atoms with E-state index < -0.39 is 0 Å². The minimum Gasteiger partial charge on any atom is -0.323 e. The van der Waals surface area contributed by atoms with E-state index in [0.29, 0.717) is 0 Å². The molecule has 2 heteroatoms. The average molecular weight is 200 g/mol. The van der Waals surface area contributed by atoms with E-state index in [4.69, 9.17) is 5.73 Å². The minimum atomic E-state index is 0.127. The van der Waals surface area contributed by atoms with Gasteiger partial charge in [0, 0.05) is 23.4 Å². The Hall–Kier alpha value is -1.28. The first-order valence-electron chi connectivity index (χ1n) is 5.65. The lowest BCUT2D eigenvalue weighted by molar-refractivity contribution is 0.749. The molecule has 0 saturated heterocycles. The van der Waals surface area contributed by atoms with Gasteiger partial charge in [-0.05, 0) is 49.4 Å². The normalized spacial score (nSPS) is 16.9. The molecule has 0 bridgehead atoms. The maximum atomic E-state index is 6.08. The van der Waals surface area contributed by atoms with Crippen LogP contribution in [0.3, 0.4) is 0 Å². The van der Waals surface area contributed by atoms with E-state index in [-0.39, 0.29) is 6.04 Å². The van der Waals surface area contributed by atoms with Gasteiger partial charge in [-0.2, -0.15) is 0 Å². The fourth-order valence-corrected chi connectivity index (χ4v) is 2.85. The summed E-state index contributed by atoms with van der Waals surface area (Å²) in [4.78, 5) is 0. The second kappa shape index (κ2) is 3.11. The van der Waals surface area contributed by atoms with E-state index in [0.717, 1.165) is 0 Å². The summed E-state index contributed by atoms with van der Waals surface area (Å²) in [6, 6.07) is 6.52. The molecule has 1 aliphatic rings. The molecule has 0 aliphatic heterocycles. The first-order valence-corrected chi connectivity index (χ1v) is 5.65. The second-order valence-electron chi connectivity index (χ2n) is 4.44. The topological polar surface area (TPSA) is 30.4 Å². The molecule has 0 amide bonds. The zero-order chi connectivity index (χ0) is 10.4. The van der Waals surface area contributed by atoms with Crippen LogP contribution >= 0.6 is 0 Å². The summed E-state index contributed by atoms with van der Waals surface area (Å²) >= 11 is 0. The van der Waals surface area contributed by atoms with Crippen molar-refractivity contribution in [2.24, 2.45) is 5.73 Å². The van der Waals surface area contributed by atoms with Crippen LogP contribution in [0.4, 0.5) is 0 Å². The van der Waals surface area contributed by atoms with E-state index in [1.165, 1.54) is 41.6 Å². The molecule has 2 heterocycles. The summed E-state index contributed by atoms with van der Waals surface area (Å²) in [7, 11) is 0. The van der Waals surface area contributed by atoms with Gasteiger partial charge in [-0.25, -0.2) is 0 Å². The van der Waals surface area contributed by atoms with Gasteiger partial charge in [0.05, 0.1) is 0 Å². The summed E-state index contributed by atoms with van der Waals surface area (Å²) < 4.78 is 2.27. The second-order valence-corrected chi connectivity index (χ2v) is 4.44. The van der Waals surface area contributed by atoms with Crippen LogP contribution in [0.25, 0.3) is 5.52 Å². The van der Waals surface area contributed by atoms with Gasteiger partial charge >= 0.3 is 0 Å². The molecule has 0 saturated carbocycles. The molecule has 2 N–H and O–H groups in total.